The number of rotatable bonds is 7. The van der Waals surface area contributed by atoms with Gasteiger partial charge in [-0.25, -0.2) is 13.4 Å². The summed E-state index contributed by atoms with van der Waals surface area (Å²) >= 11 is 0. The number of nitrogens with zero attached hydrogens (tertiary/aromatic N) is 2. The van der Waals surface area contributed by atoms with Crippen LogP contribution in [0.2, 0.25) is 0 Å². The number of halogens is 1. The Bertz CT molecular complexity index is 1040. The van der Waals surface area contributed by atoms with Gasteiger partial charge in [0.25, 0.3) is 0 Å². The van der Waals surface area contributed by atoms with Crippen LogP contribution in [0, 0.1) is 0 Å². The SMILES string of the molecule is CCNC(=NCC(=O)N1CCc2ccccc2C1)NCCc1ccc(S(C)(=O)=O)cc1.I. The number of amides is 1. The van der Waals surface area contributed by atoms with Gasteiger partial charge in [0.1, 0.15) is 6.54 Å². The molecule has 2 aromatic rings. The van der Waals surface area contributed by atoms with Crippen molar-refractivity contribution in [3.05, 3.63) is 65.2 Å². The van der Waals surface area contributed by atoms with Crippen molar-refractivity contribution in [1.82, 2.24) is 15.5 Å². The molecule has 0 unspecified atom stereocenters. The van der Waals surface area contributed by atoms with Crippen molar-refractivity contribution in [2.75, 3.05) is 32.4 Å². The van der Waals surface area contributed by atoms with Gasteiger partial charge in [0.2, 0.25) is 5.91 Å². The zero-order valence-electron chi connectivity index (χ0n) is 18.5. The van der Waals surface area contributed by atoms with Crippen LogP contribution in [0.3, 0.4) is 0 Å². The van der Waals surface area contributed by atoms with E-state index in [-0.39, 0.29) is 36.4 Å². The zero-order chi connectivity index (χ0) is 22.3. The first kappa shape index (κ1) is 26.1. The highest BCUT2D eigenvalue weighted by molar-refractivity contribution is 14.0. The van der Waals surface area contributed by atoms with Gasteiger partial charge in [-0.15, -0.1) is 24.0 Å². The summed E-state index contributed by atoms with van der Waals surface area (Å²) in [7, 11) is -3.18. The molecule has 0 spiro atoms. The quantitative estimate of drug-likeness (QED) is 0.303. The lowest BCUT2D eigenvalue weighted by Crippen LogP contribution is -2.41. The zero-order valence-corrected chi connectivity index (χ0v) is 21.7. The lowest BCUT2D eigenvalue weighted by Gasteiger charge is -2.28. The van der Waals surface area contributed by atoms with E-state index in [1.165, 1.54) is 17.4 Å². The summed E-state index contributed by atoms with van der Waals surface area (Å²) in [5, 5.41) is 6.40. The summed E-state index contributed by atoms with van der Waals surface area (Å²) in [6.07, 6.45) is 2.79. The van der Waals surface area contributed by atoms with E-state index in [0.717, 1.165) is 18.5 Å². The second-order valence-corrected chi connectivity index (χ2v) is 9.64. The Labute approximate surface area is 207 Å². The van der Waals surface area contributed by atoms with E-state index in [2.05, 4.69) is 27.8 Å². The highest BCUT2D eigenvalue weighted by Crippen LogP contribution is 2.18. The van der Waals surface area contributed by atoms with Crippen molar-refractivity contribution in [3.8, 4) is 0 Å². The largest absolute Gasteiger partial charge is 0.357 e. The molecule has 0 atom stereocenters. The third-order valence-electron chi connectivity index (χ3n) is 5.26. The summed E-state index contributed by atoms with van der Waals surface area (Å²) in [6, 6.07) is 15.1. The van der Waals surface area contributed by atoms with Crippen molar-refractivity contribution >= 4 is 45.7 Å². The number of carbonyl (C=O) groups excluding carboxylic acids is 1. The molecule has 0 saturated heterocycles. The highest BCUT2D eigenvalue weighted by atomic mass is 127. The van der Waals surface area contributed by atoms with Crippen LogP contribution < -0.4 is 10.6 Å². The minimum atomic E-state index is -3.18. The molecule has 0 radical (unpaired) electrons. The molecular weight excluding hydrogens is 539 g/mol. The second-order valence-electron chi connectivity index (χ2n) is 7.62. The molecule has 0 aromatic heterocycles. The smallest absolute Gasteiger partial charge is 0.244 e. The van der Waals surface area contributed by atoms with Crippen LogP contribution in [0.5, 0.6) is 0 Å². The Hall–Kier alpha value is -2.14. The first-order valence-corrected chi connectivity index (χ1v) is 12.4. The lowest BCUT2D eigenvalue weighted by atomic mass is 10.00. The number of benzene rings is 2. The van der Waals surface area contributed by atoms with E-state index in [4.69, 9.17) is 0 Å². The Morgan fingerprint density at radius 1 is 1.06 bits per heavy atom. The number of guanidine groups is 1. The van der Waals surface area contributed by atoms with Gasteiger partial charge in [-0.05, 0) is 48.6 Å². The van der Waals surface area contributed by atoms with Gasteiger partial charge in [0, 0.05) is 32.4 Å². The first-order valence-electron chi connectivity index (χ1n) is 10.5. The standard InChI is InChI=1S/C23H30N4O3S.HI/c1-3-24-23(25-14-12-18-8-10-21(11-9-18)31(2,29)30)26-16-22(28)27-15-13-19-6-4-5-7-20(19)17-27;/h4-11H,3,12-17H2,1-2H3,(H2,24,25,26);1H. The van der Waals surface area contributed by atoms with Crippen molar-refractivity contribution in [1.29, 1.82) is 0 Å². The normalized spacial score (nSPS) is 13.7. The van der Waals surface area contributed by atoms with Crippen LogP contribution in [0.4, 0.5) is 0 Å². The van der Waals surface area contributed by atoms with E-state index in [1.807, 2.05) is 36.1 Å². The molecule has 2 N–H and O–H groups in total. The second kappa shape index (κ2) is 12.2. The molecule has 1 heterocycles. The molecule has 0 saturated carbocycles. The molecule has 1 amide bonds. The van der Waals surface area contributed by atoms with Crippen molar-refractivity contribution in [2.24, 2.45) is 4.99 Å². The molecular formula is C23H31IN4O3S. The van der Waals surface area contributed by atoms with Gasteiger partial charge < -0.3 is 15.5 Å². The van der Waals surface area contributed by atoms with Crippen molar-refractivity contribution in [2.45, 2.75) is 31.2 Å². The molecule has 9 heteroatoms. The molecule has 1 aliphatic heterocycles. The number of fused-ring (bicyclic) bond motifs is 1. The Balaban J connectivity index is 0.00000363. The lowest BCUT2D eigenvalue weighted by molar-refractivity contribution is -0.130. The molecule has 3 rings (SSSR count). The maximum absolute atomic E-state index is 12.6. The fraction of sp³-hybridized carbons (Fsp3) is 0.391. The summed E-state index contributed by atoms with van der Waals surface area (Å²) in [4.78, 5) is 19.3. The average Bonchev–Trinajstić information content (AvgIpc) is 2.76. The molecule has 1 aliphatic rings. The van der Waals surface area contributed by atoms with Gasteiger partial charge in [-0.3, -0.25) is 4.79 Å². The summed E-state index contributed by atoms with van der Waals surface area (Å²) in [5.74, 6) is 0.615. The molecule has 7 nitrogen and oxygen atoms in total. The summed E-state index contributed by atoms with van der Waals surface area (Å²) in [5.41, 5.74) is 3.55. The average molecular weight is 570 g/mol. The molecule has 2 aromatic carbocycles. The fourth-order valence-corrected chi connectivity index (χ4v) is 4.16. The maximum Gasteiger partial charge on any atom is 0.244 e. The third kappa shape index (κ3) is 7.47. The minimum absolute atomic E-state index is 0. The highest BCUT2D eigenvalue weighted by Gasteiger charge is 2.20. The van der Waals surface area contributed by atoms with Gasteiger partial charge in [-0.2, -0.15) is 0 Å². The number of nitrogens with one attached hydrogen (secondary N) is 2. The fourth-order valence-electron chi connectivity index (χ4n) is 3.53. The molecule has 0 fully saturated rings. The van der Waals surface area contributed by atoms with Gasteiger partial charge in [0.15, 0.2) is 15.8 Å². The van der Waals surface area contributed by atoms with Crippen molar-refractivity contribution in [3.63, 3.8) is 0 Å². The van der Waals surface area contributed by atoms with Crippen molar-refractivity contribution < 1.29 is 13.2 Å². The van der Waals surface area contributed by atoms with Gasteiger partial charge >= 0.3 is 0 Å². The number of carbonyl (C=O) groups is 1. The number of hydrogen-bond acceptors (Lipinski definition) is 4. The molecule has 32 heavy (non-hydrogen) atoms. The molecule has 0 aliphatic carbocycles. The summed E-state index contributed by atoms with van der Waals surface area (Å²) in [6.45, 7) is 4.75. The van der Waals surface area contributed by atoms with Crippen LogP contribution in [0.15, 0.2) is 58.4 Å². The van der Waals surface area contributed by atoms with Crippen LogP contribution in [0.1, 0.15) is 23.6 Å². The van der Waals surface area contributed by atoms with E-state index in [1.54, 1.807) is 12.1 Å². The minimum Gasteiger partial charge on any atom is -0.357 e. The Morgan fingerprint density at radius 2 is 1.75 bits per heavy atom. The van der Waals surface area contributed by atoms with Gasteiger partial charge in [-0.1, -0.05) is 36.4 Å². The first-order chi connectivity index (χ1) is 14.9. The predicted octanol–water partition coefficient (Wildman–Crippen LogP) is 2.39. The van der Waals surface area contributed by atoms with Crippen LogP contribution >= 0.6 is 24.0 Å². The Kier molecular flexibility index (Phi) is 9.95. The van der Waals surface area contributed by atoms with E-state index >= 15 is 0 Å². The topological polar surface area (TPSA) is 90.9 Å². The molecule has 174 valence electrons. The molecule has 0 bridgehead atoms. The monoisotopic (exact) mass is 570 g/mol. The number of aliphatic imine (C=N–C) groups is 1. The maximum atomic E-state index is 12.6. The Morgan fingerprint density at radius 3 is 2.41 bits per heavy atom. The predicted molar refractivity (Wildman–Crippen MR) is 138 cm³/mol. The third-order valence-corrected chi connectivity index (χ3v) is 6.39. The van der Waals surface area contributed by atoms with Crippen LogP contribution in [-0.4, -0.2) is 57.6 Å². The van der Waals surface area contributed by atoms with Gasteiger partial charge in [0.05, 0.1) is 4.90 Å². The number of sulfone groups is 1. The number of hydrogen-bond donors (Lipinski definition) is 2. The van der Waals surface area contributed by atoms with E-state index < -0.39 is 9.84 Å². The van der Waals surface area contributed by atoms with Crippen LogP contribution in [0.25, 0.3) is 0 Å². The van der Waals surface area contributed by atoms with E-state index in [0.29, 0.717) is 36.9 Å². The summed E-state index contributed by atoms with van der Waals surface area (Å²) < 4.78 is 23.1. The van der Waals surface area contributed by atoms with E-state index in [9.17, 15) is 13.2 Å². The van der Waals surface area contributed by atoms with Crippen LogP contribution in [-0.2, 0) is 34.0 Å².